The number of hydrogen-bond donors (Lipinski definition) is 0. The number of rotatable bonds is 2. The van der Waals surface area contributed by atoms with Crippen LogP contribution in [-0.4, -0.2) is 22.0 Å². The van der Waals surface area contributed by atoms with E-state index in [2.05, 4.69) is 9.72 Å². The number of imidazole rings is 1. The zero-order valence-electron chi connectivity index (χ0n) is 11.2. The molecule has 0 amide bonds. The number of nitrogens with zero attached hydrogens (tertiary/aromatic N) is 2. The predicted octanol–water partition coefficient (Wildman–Crippen LogP) is 4.15. The topological polar surface area (TPSA) is 43.6 Å². The summed E-state index contributed by atoms with van der Waals surface area (Å²) in [7, 11) is 0. The number of hydrogen-bond acceptors (Lipinski definition) is 3. The van der Waals surface area contributed by atoms with Gasteiger partial charge >= 0.3 is 18.3 Å². The first kappa shape index (κ1) is 17.8. The van der Waals surface area contributed by atoms with E-state index < -0.39 is 40.9 Å². The number of carbonyl (C=O) groups is 1. The van der Waals surface area contributed by atoms with Crippen LogP contribution in [0.5, 0.6) is 0 Å². The molecule has 2 heterocycles. The van der Waals surface area contributed by atoms with Crippen molar-refractivity contribution in [2.75, 3.05) is 6.61 Å². The molecular weight excluding hydrogens is 445 g/mol. The summed E-state index contributed by atoms with van der Waals surface area (Å²) >= 11 is 1.42. The Labute approximate surface area is 138 Å². The number of pyridine rings is 1. The fourth-order valence-corrected chi connectivity index (χ4v) is 2.57. The van der Waals surface area contributed by atoms with Crippen LogP contribution < -0.4 is 0 Å². The minimum Gasteiger partial charge on any atom is -0.461 e. The largest absolute Gasteiger partial charge is 0.461 e. The summed E-state index contributed by atoms with van der Waals surface area (Å²) in [6.45, 7) is 1.12. The van der Waals surface area contributed by atoms with Crippen molar-refractivity contribution in [2.24, 2.45) is 0 Å². The molecule has 0 N–H and O–H groups in total. The van der Waals surface area contributed by atoms with Gasteiger partial charge in [0.2, 0.25) is 0 Å². The fourth-order valence-electron chi connectivity index (χ4n) is 1.85. The van der Waals surface area contributed by atoms with E-state index in [4.69, 9.17) is 0 Å². The van der Waals surface area contributed by atoms with Crippen molar-refractivity contribution in [1.82, 2.24) is 9.38 Å². The average molecular weight is 452 g/mol. The van der Waals surface area contributed by atoms with Crippen molar-refractivity contribution in [1.29, 1.82) is 0 Å². The Bertz CT molecular complexity index is 765. The lowest BCUT2D eigenvalue weighted by Crippen LogP contribution is -2.17. The van der Waals surface area contributed by atoms with Gasteiger partial charge in [-0.2, -0.15) is 26.3 Å². The number of esters is 1. The molecular formula is C12H7F6IN2O2. The van der Waals surface area contributed by atoms with Crippen LogP contribution in [0.2, 0.25) is 0 Å². The SMILES string of the molecule is CCOC(=O)c1c(C(F)(F)F)nc2c(I)cc(C(F)(F)F)cn12. The lowest BCUT2D eigenvalue weighted by atomic mass is 10.2. The van der Waals surface area contributed by atoms with Crippen molar-refractivity contribution < 1.29 is 35.9 Å². The monoisotopic (exact) mass is 452 g/mol. The summed E-state index contributed by atoms with van der Waals surface area (Å²) in [5.41, 5.74) is -4.29. The van der Waals surface area contributed by atoms with Crippen LogP contribution >= 0.6 is 22.6 Å². The highest BCUT2D eigenvalue weighted by molar-refractivity contribution is 14.1. The van der Waals surface area contributed by atoms with Gasteiger partial charge in [-0.05, 0) is 35.6 Å². The van der Waals surface area contributed by atoms with E-state index in [1.54, 1.807) is 0 Å². The molecule has 0 atom stereocenters. The van der Waals surface area contributed by atoms with Gasteiger partial charge in [0.25, 0.3) is 0 Å². The van der Waals surface area contributed by atoms with Crippen molar-refractivity contribution >= 4 is 34.2 Å². The highest BCUT2D eigenvalue weighted by atomic mass is 127. The van der Waals surface area contributed by atoms with Gasteiger partial charge in [0.1, 0.15) is 0 Å². The quantitative estimate of drug-likeness (QED) is 0.391. The van der Waals surface area contributed by atoms with E-state index in [1.807, 2.05) is 0 Å². The maximum absolute atomic E-state index is 13.0. The molecule has 2 aromatic heterocycles. The van der Waals surface area contributed by atoms with Crippen LogP contribution in [0.1, 0.15) is 28.7 Å². The van der Waals surface area contributed by atoms with Gasteiger partial charge in [-0.15, -0.1) is 0 Å². The maximum Gasteiger partial charge on any atom is 0.435 e. The number of carbonyl (C=O) groups excluding carboxylic acids is 1. The standard InChI is InChI=1S/C12H7F6IN2O2/c1-2-23-10(22)7-8(12(16,17)18)20-9-6(19)3-5(4-21(7)9)11(13,14)15/h3-4H,2H2,1H3. The number of ether oxygens (including phenoxy) is 1. The average Bonchev–Trinajstić information content (AvgIpc) is 2.77. The zero-order chi connectivity index (χ0) is 17.6. The van der Waals surface area contributed by atoms with Crippen molar-refractivity contribution in [3.05, 3.63) is 32.8 Å². The minimum atomic E-state index is -5.02. The van der Waals surface area contributed by atoms with Gasteiger partial charge in [-0.1, -0.05) is 0 Å². The van der Waals surface area contributed by atoms with Crippen LogP contribution in [0.25, 0.3) is 5.65 Å². The van der Waals surface area contributed by atoms with Crippen LogP contribution in [0, 0.1) is 3.57 Å². The third kappa shape index (κ3) is 3.38. The highest BCUT2D eigenvalue weighted by Gasteiger charge is 2.42. The Balaban J connectivity index is 2.86. The molecule has 2 rings (SSSR count). The smallest absolute Gasteiger partial charge is 0.435 e. The molecule has 11 heteroatoms. The van der Waals surface area contributed by atoms with Crippen molar-refractivity contribution in [2.45, 2.75) is 19.3 Å². The molecule has 0 saturated heterocycles. The predicted molar refractivity (Wildman–Crippen MR) is 73.9 cm³/mol. The third-order valence-corrected chi connectivity index (χ3v) is 3.53. The lowest BCUT2D eigenvalue weighted by Gasteiger charge is -2.10. The van der Waals surface area contributed by atoms with Crippen LogP contribution in [0.4, 0.5) is 26.3 Å². The zero-order valence-corrected chi connectivity index (χ0v) is 13.4. The Hall–Kier alpha value is -1.53. The number of aromatic nitrogens is 2. The van der Waals surface area contributed by atoms with Gasteiger partial charge < -0.3 is 4.74 Å². The lowest BCUT2D eigenvalue weighted by molar-refractivity contribution is -0.141. The van der Waals surface area contributed by atoms with Crippen LogP contribution in [0.15, 0.2) is 12.3 Å². The Morgan fingerprint density at radius 1 is 1.26 bits per heavy atom. The van der Waals surface area contributed by atoms with E-state index in [0.29, 0.717) is 16.7 Å². The number of halogens is 7. The third-order valence-electron chi connectivity index (χ3n) is 2.74. The molecule has 0 spiro atoms. The summed E-state index contributed by atoms with van der Waals surface area (Å²) in [5.74, 6) is -1.40. The molecule has 0 unspecified atom stereocenters. The summed E-state index contributed by atoms with van der Waals surface area (Å²) in [5, 5.41) is 0. The van der Waals surface area contributed by atoms with E-state index >= 15 is 0 Å². The summed E-state index contributed by atoms with van der Waals surface area (Å²) < 4.78 is 82.5. The second-order valence-electron chi connectivity index (χ2n) is 4.30. The molecule has 23 heavy (non-hydrogen) atoms. The molecule has 0 radical (unpaired) electrons. The normalized spacial score (nSPS) is 12.7. The van der Waals surface area contributed by atoms with E-state index in [-0.39, 0.29) is 10.2 Å². The first-order valence-electron chi connectivity index (χ1n) is 6.00. The Morgan fingerprint density at radius 3 is 2.35 bits per heavy atom. The van der Waals surface area contributed by atoms with Gasteiger partial charge in [-0.25, -0.2) is 9.78 Å². The highest BCUT2D eigenvalue weighted by Crippen LogP contribution is 2.36. The van der Waals surface area contributed by atoms with Gasteiger partial charge in [0.15, 0.2) is 17.0 Å². The van der Waals surface area contributed by atoms with Gasteiger partial charge in [0.05, 0.1) is 15.7 Å². The second kappa shape index (κ2) is 5.83. The number of alkyl halides is 6. The second-order valence-corrected chi connectivity index (χ2v) is 5.46. The van der Waals surface area contributed by atoms with Crippen LogP contribution in [-0.2, 0) is 17.1 Å². The Kier molecular flexibility index (Phi) is 4.52. The van der Waals surface area contributed by atoms with E-state index in [1.165, 1.54) is 29.5 Å². The molecule has 0 aliphatic carbocycles. The molecule has 0 aromatic carbocycles. The number of fused-ring (bicyclic) bond motifs is 1. The van der Waals surface area contributed by atoms with E-state index in [0.717, 1.165) is 0 Å². The van der Waals surface area contributed by atoms with Crippen LogP contribution in [0.3, 0.4) is 0 Å². The van der Waals surface area contributed by atoms with Crippen molar-refractivity contribution in [3.63, 3.8) is 0 Å². The van der Waals surface area contributed by atoms with Crippen molar-refractivity contribution in [3.8, 4) is 0 Å². The first-order chi connectivity index (χ1) is 10.5. The first-order valence-corrected chi connectivity index (χ1v) is 7.07. The minimum absolute atomic E-state index is 0.182. The Morgan fingerprint density at radius 2 is 1.87 bits per heavy atom. The molecule has 0 fully saturated rings. The summed E-state index contributed by atoms with van der Waals surface area (Å²) in [4.78, 5) is 15.1. The molecule has 0 aliphatic rings. The maximum atomic E-state index is 13.0. The summed E-state index contributed by atoms with van der Waals surface area (Å²) in [6, 6.07) is 0.651. The van der Waals surface area contributed by atoms with Gasteiger partial charge in [-0.3, -0.25) is 4.40 Å². The molecule has 126 valence electrons. The van der Waals surface area contributed by atoms with Gasteiger partial charge in [0, 0.05) is 6.20 Å². The molecule has 0 saturated carbocycles. The fraction of sp³-hybridized carbons (Fsp3) is 0.333. The molecule has 0 bridgehead atoms. The van der Waals surface area contributed by atoms with E-state index in [9.17, 15) is 31.1 Å². The molecule has 4 nitrogen and oxygen atoms in total. The summed E-state index contributed by atoms with van der Waals surface area (Å²) in [6.07, 6.45) is -9.41. The molecule has 2 aromatic rings. The molecule has 0 aliphatic heterocycles.